The van der Waals surface area contributed by atoms with Crippen molar-refractivity contribution in [1.82, 2.24) is 9.88 Å². The Hall–Kier alpha value is -3.06. The van der Waals surface area contributed by atoms with Gasteiger partial charge in [-0.05, 0) is 44.5 Å². The molecule has 0 atom stereocenters. The molecular weight excluding hydrogens is 394 g/mol. The van der Waals surface area contributed by atoms with Gasteiger partial charge in [-0.2, -0.15) is 0 Å². The Balaban J connectivity index is 0.000000858. The van der Waals surface area contributed by atoms with Gasteiger partial charge in [0.2, 0.25) is 0 Å². The molecule has 0 radical (unpaired) electrons. The lowest BCUT2D eigenvalue weighted by Crippen LogP contribution is -2.31. The molecule has 0 amide bonds. The van der Waals surface area contributed by atoms with E-state index in [0.29, 0.717) is 6.61 Å². The van der Waals surface area contributed by atoms with Gasteiger partial charge in [0.1, 0.15) is 0 Å². The Labute approximate surface area is 183 Å². The lowest BCUT2D eigenvalue weighted by Gasteiger charge is -2.26. The van der Waals surface area contributed by atoms with Crippen molar-refractivity contribution in [2.24, 2.45) is 0 Å². The van der Waals surface area contributed by atoms with Crippen molar-refractivity contribution in [3.63, 3.8) is 0 Å². The van der Waals surface area contributed by atoms with Crippen molar-refractivity contribution < 1.29 is 19.4 Å². The minimum atomic E-state index is -0.250. The first-order valence-electron chi connectivity index (χ1n) is 10.7. The van der Waals surface area contributed by atoms with E-state index in [0.717, 1.165) is 52.0 Å². The Morgan fingerprint density at radius 2 is 1.84 bits per heavy atom. The van der Waals surface area contributed by atoms with Crippen LogP contribution < -0.4 is 14.8 Å². The second kappa shape index (κ2) is 11.4. The van der Waals surface area contributed by atoms with Gasteiger partial charge in [-0.3, -0.25) is 4.79 Å². The van der Waals surface area contributed by atoms with E-state index in [-0.39, 0.29) is 6.47 Å². The molecule has 1 aliphatic rings. The number of aromatic nitrogens is 1. The molecule has 1 aliphatic heterocycles. The quantitative estimate of drug-likeness (QED) is 0.330. The van der Waals surface area contributed by atoms with E-state index in [2.05, 4.69) is 16.3 Å². The fraction of sp³-hybridized carbons (Fsp3) is 0.417. The Morgan fingerprint density at radius 3 is 2.55 bits per heavy atom. The van der Waals surface area contributed by atoms with Crippen LogP contribution >= 0.6 is 0 Å². The van der Waals surface area contributed by atoms with Crippen LogP contribution in [0, 0.1) is 0 Å². The molecule has 1 saturated heterocycles. The predicted octanol–water partition coefficient (Wildman–Crippen LogP) is 4.39. The van der Waals surface area contributed by atoms with E-state index in [1.54, 1.807) is 7.11 Å². The molecular formula is C24H31N3O4. The largest absolute Gasteiger partial charge is 0.493 e. The molecule has 0 saturated carbocycles. The van der Waals surface area contributed by atoms with E-state index in [9.17, 15) is 0 Å². The predicted molar refractivity (Wildman–Crippen MR) is 124 cm³/mol. The third-order valence-corrected chi connectivity index (χ3v) is 5.54. The van der Waals surface area contributed by atoms with Crippen LogP contribution in [0.1, 0.15) is 25.7 Å². The standard InChI is InChI=1S/C23H29N3O2.CH2O2/c1-24-23-17-9-4-5-10-19(17)25-20-16-22(21(27-2)15-18(20)23)28-14-8-13-26-11-6-3-7-12-26;2-1-3/h4-5,9-10,15-16H,3,6-8,11-14H2,1-2H3,(H,24,25);1H,(H,2,3). The second-order valence-electron chi connectivity index (χ2n) is 7.48. The molecule has 0 spiro atoms. The average Bonchev–Trinajstić information content (AvgIpc) is 2.81. The topological polar surface area (TPSA) is 83.9 Å². The minimum absolute atomic E-state index is 0.250. The minimum Gasteiger partial charge on any atom is -0.493 e. The van der Waals surface area contributed by atoms with Crippen LogP contribution in [0.15, 0.2) is 36.4 Å². The summed E-state index contributed by atoms with van der Waals surface area (Å²) in [6, 6.07) is 12.2. The number of para-hydroxylation sites is 1. The maximum Gasteiger partial charge on any atom is 0.290 e. The Kier molecular flexibility index (Phi) is 8.29. The number of hydrogen-bond donors (Lipinski definition) is 2. The summed E-state index contributed by atoms with van der Waals surface area (Å²) >= 11 is 0. The summed E-state index contributed by atoms with van der Waals surface area (Å²) in [5.41, 5.74) is 2.95. The van der Waals surface area contributed by atoms with Crippen molar-refractivity contribution in [2.45, 2.75) is 25.7 Å². The normalized spacial score (nSPS) is 14.0. The number of nitrogens with zero attached hydrogens (tertiary/aromatic N) is 2. The molecule has 0 unspecified atom stereocenters. The Bertz CT molecular complexity index is 1000. The zero-order valence-electron chi connectivity index (χ0n) is 18.3. The number of likely N-dealkylation sites (tertiary alicyclic amines) is 1. The van der Waals surface area contributed by atoms with Gasteiger partial charge in [0, 0.05) is 30.4 Å². The SMILES string of the molecule is CNc1c2ccccc2nc2cc(OCCCN3CCCCC3)c(OC)cc12.O=CO. The first kappa shape index (κ1) is 22.6. The van der Waals surface area contributed by atoms with Gasteiger partial charge < -0.3 is 24.8 Å². The number of carboxylic acid groups (broad SMARTS) is 1. The fourth-order valence-corrected chi connectivity index (χ4v) is 4.09. The van der Waals surface area contributed by atoms with E-state index in [1.165, 1.54) is 32.4 Å². The van der Waals surface area contributed by atoms with Gasteiger partial charge in [-0.1, -0.05) is 24.6 Å². The van der Waals surface area contributed by atoms with Gasteiger partial charge in [-0.15, -0.1) is 0 Å². The van der Waals surface area contributed by atoms with Crippen molar-refractivity contribution in [3.05, 3.63) is 36.4 Å². The van der Waals surface area contributed by atoms with E-state index >= 15 is 0 Å². The monoisotopic (exact) mass is 425 g/mol. The number of anilines is 1. The summed E-state index contributed by atoms with van der Waals surface area (Å²) in [6.07, 6.45) is 5.05. The van der Waals surface area contributed by atoms with Crippen molar-refractivity contribution in [1.29, 1.82) is 0 Å². The summed E-state index contributed by atoms with van der Waals surface area (Å²) in [7, 11) is 3.63. The molecule has 7 nitrogen and oxygen atoms in total. The molecule has 166 valence electrons. The molecule has 1 aromatic heterocycles. The molecule has 2 heterocycles. The van der Waals surface area contributed by atoms with Gasteiger partial charge in [-0.25, -0.2) is 4.98 Å². The maximum absolute atomic E-state index is 8.36. The fourth-order valence-electron chi connectivity index (χ4n) is 4.09. The first-order valence-corrected chi connectivity index (χ1v) is 10.7. The number of pyridine rings is 1. The number of hydrogen-bond acceptors (Lipinski definition) is 6. The zero-order valence-corrected chi connectivity index (χ0v) is 18.3. The lowest BCUT2D eigenvalue weighted by atomic mass is 10.1. The first-order chi connectivity index (χ1) is 15.2. The summed E-state index contributed by atoms with van der Waals surface area (Å²) in [5, 5.41) is 12.4. The van der Waals surface area contributed by atoms with Gasteiger partial charge in [0.15, 0.2) is 11.5 Å². The molecule has 0 bridgehead atoms. The lowest BCUT2D eigenvalue weighted by molar-refractivity contribution is -0.122. The van der Waals surface area contributed by atoms with Crippen LogP contribution in [0.4, 0.5) is 5.69 Å². The highest BCUT2D eigenvalue weighted by Crippen LogP contribution is 2.37. The second-order valence-corrected chi connectivity index (χ2v) is 7.48. The molecule has 2 aromatic carbocycles. The highest BCUT2D eigenvalue weighted by atomic mass is 16.5. The molecule has 7 heteroatoms. The van der Waals surface area contributed by atoms with Crippen LogP contribution in [0.3, 0.4) is 0 Å². The Morgan fingerprint density at radius 1 is 1.10 bits per heavy atom. The van der Waals surface area contributed by atoms with Gasteiger partial charge in [0.25, 0.3) is 6.47 Å². The third kappa shape index (κ3) is 5.55. The average molecular weight is 426 g/mol. The van der Waals surface area contributed by atoms with Crippen LogP contribution in [0.5, 0.6) is 11.5 Å². The molecule has 2 N–H and O–H groups in total. The number of fused-ring (bicyclic) bond motifs is 2. The highest BCUT2D eigenvalue weighted by Gasteiger charge is 2.14. The molecule has 31 heavy (non-hydrogen) atoms. The van der Waals surface area contributed by atoms with E-state index in [4.69, 9.17) is 24.4 Å². The molecule has 4 rings (SSSR count). The number of carbonyl (C=O) groups is 1. The highest BCUT2D eigenvalue weighted by molar-refractivity contribution is 6.08. The number of benzene rings is 2. The molecule has 3 aromatic rings. The summed E-state index contributed by atoms with van der Waals surface area (Å²) < 4.78 is 11.7. The van der Waals surface area contributed by atoms with Crippen molar-refractivity contribution in [2.75, 3.05) is 45.7 Å². The van der Waals surface area contributed by atoms with Crippen LogP contribution in [0.2, 0.25) is 0 Å². The number of ether oxygens (including phenoxy) is 2. The van der Waals surface area contributed by atoms with Gasteiger partial charge >= 0.3 is 0 Å². The van der Waals surface area contributed by atoms with Crippen molar-refractivity contribution >= 4 is 34.0 Å². The van der Waals surface area contributed by atoms with Crippen LogP contribution in [-0.4, -0.2) is 61.9 Å². The zero-order chi connectivity index (χ0) is 22.1. The number of nitrogens with one attached hydrogen (secondary N) is 1. The number of piperidine rings is 1. The van der Waals surface area contributed by atoms with Crippen LogP contribution in [-0.2, 0) is 4.79 Å². The number of rotatable bonds is 7. The van der Waals surface area contributed by atoms with Gasteiger partial charge in [0.05, 0.1) is 30.4 Å². The number of methoxy groups -OCH3 is 1. The molecule has 1 fully saturated rings. The van der Waals surface area contributed by atoms with Crippen LogP contribution in [0.25, 0.3) is 21.8 Å². The smallest absolute Gasteiger partial charge is 0.290 e. The van der Waals surface area contributed by atoms with E-state index in [1.807, 2.05) is 37.4 Å². The molecule has 0 aliphatic carbocycles. The summed E-state index contributed by atoms with van der Waals surface area (Å²) in [4.78, 5) is 15.7. The van der Waals surface area contributed by atoms with E-state index < -0.39 is 0 Å². The maximum atomic E-state index is 8.36. The third-order valence-electron chi connectivity index (χ3n) is 5.54. The summed E-state index contributed by atoms with van der Waals surface area (Å²) in [6.45, 7) is 3.99. The summed E-state index contributed by atoms with van der Waals surface area (Å²) in [5.74, 6) is 1.51. The van der Waals surface area contributed by atoms with Crippen molar-refractivity contribution in [3.8, 4) is 11.5 Å².